The molecule has 0 radical (unpaired) electrons. The van der Waals surface area contributed by atoms with Gasteiger partial charge in [0, 0.05) is 29.4 Å². The van der Waals surface area contributed by atoms with Gasteiger partial charge >= 0.3 is 0 Å². The Kier molecular flexibility index (Phi) is 5.86. The topological polar surface area (TPSA) is 52.8 Å². The molecule has 0 saturated carbocycles. The molecule has 2 aromatic heterocycles. The summed E-state index contributed by atoms with van der Waals surface area (Å²) in [5.41, 5.74) is 2.88. The highest BCUT2D eigenvalue weighted by molar-refractivity contribution is 7.98. The number of nitrogens with zero attached hydrogens (tertiary/aromatic N) is 4. The third-order valence-electron chi connectivity index (χ3n) is 4.26. The minimum atomic E-state index is -0.240. The molecule has 0 bridgehead atoms. The maximum atomic E-state index is 13.2. The van der Waals surface area contributed by atoms with Crippen LogP contribution >= 0.6 is 11.8 Å². The maximum Gasteiger partial charge on any atom is 0.196 e. The fourth-order valence-electron chi connectivity index (χ4n) is 2.87. The fraction of sp³-hybridized carbons (Fsp3) is 0.136. The van der Waals surface area contributed by atoms with Crippen molar-refractivity contribution in [1.29, 1.82) is 0 Å². The second-order valence-electron chi connectivity index (χ2n) is 6.22. The normalized spacial score (nSPS) is 10.8. The Morgan fingerprint density at radius 2 is 1.66 bits per heavy atom. The first-order chi connectivity index (χ1) is 14.2. The molecule has 5 nitrogen and oxygen atoms in total. The lowest BCUT2D eigenvalue weighted by Gasteiger charge is -2.11. The molecule has 0 aliphatic carbocycles. The molecule has 0 amide bonds. The monoisotopic (exact) mass is 406 g/mol. The Morgan fingerprint density at radius 3 is 2.34 bits per heavy atom. The van der Waals surface area contributed by atoms with Gasteiger partial charge in [-0.3, -0.25) is 9.55 Å². The molecule has 0 atom stereocenters. The molecule has 4 rings (SSSR count). The van der Waals surface area contributed by atoms with Crippen molar-refractivity contribution in [3.63, 3.8) is 0 Å². The highest BCUT2D eigenvalue weighted by Crippen LogP contribution is 2.30. The van der Waals surface area contributed by atoms with Crippen molar-refractivity contribution in [3.8, 4) is 22.8 Å². The van der Waals surface area contributed by atoms with Gasteiger partial charge in [-0.05, 0) is 61.0 Å². The van der Waals surface area contributed by atoms with E-state index in [-0.39, 0.29) is 5.82 Å². The van der Waals surface area contributed by atoms with Crippen LogP contribution in [0.25, 0.3) is 17.1 Å². The summed E-state index contributed by atoms with van der Waals surface area (Å²) in [7, 11) is 0. The Labute approximate surface area is 172 Å². The number of pyridine rings is 1. The highest BCUT2D eigenvalue weighted by atomic mass is 32.2. The van der Waals surface area contributed by atoms with Gasteiger partial charge in [-0.2, -0.15) is 0 Å². The summed E-state index contributed by atoms with van der Waals surface area (Å²) in [5.74, 6) is 1.97. The van der Waals surface area contributed by atoms with Crippen molar-refractivity contribution in [1.82, 2.24) is 19.7 Å². The molecule has 0 saturated heterocycles. The average molecular weight is 406 g/mol. The van der Waals surface area contributed by atoms with E-state index in [0.717, 1.165) is 33.5 Å². The van der Waals surface area contributed by atoms with Crippen LogP contribution in [-0.2, 0) is 5.75 Å². The number of aromatic nitrogens is 4. The van der Waals surface area contributed by atoms with Crippen molar-refractivity contribution >= 4 is 11.8 Å². The quantitative estimate of drug-likeness (QED) is 0.397. The molecule has 2 aromatic carbocycles. The van der Waals surface area contributed by atoms with E-state index in [1.807, 2.05) is 47.9 Å². The van der Waals surface area contributed by atoms with E-state index in [4.69, 9.17) is 4.74 Å². The minimum Gasteiger partial charge on any atom is -0.494 e. The van der Waals surface area contributed by atoms with Gasteiger partial charge in [-0.25, -0.2) is 4.39 Å². The van der Waals surface area contributed by atoms with E-state index in [9.17, 15) is 4.39 Å². The summed E-state index contributed by atoms with van der Waals surface area (Å²) >= 11 is 1.55. The lowest BCUT2D eigenvalue weighted by Crippen LogP contribution is -2.00. The smallest absolute Gasteiger partial charge is 0.196 e. The molecule has 0 N–H and O–H groups in total. The number of thioether (sulfide) groups is 1. The second kappa shape index (κ2) is 8.87. The van der Waals surface area contributed by atoms with Gasteiger partial charge in [0.2, 0.25) is 0 Å². The van der Waals surface area contributed by atoms with E-state index < -0.39 is 0 Å². The first-order valence-corrected chi connectivity index (χ1v) is 10.2. The van der Waals surface area contributed by atoms with Crippen molar-refractivity contribution in [3.05, 3.63) is 84.4 Å². The van der Waals surface area contributed by atoms with Crippen LogP contribution in [0.5, 0.6) is 5.75 Å². The zero-order valence-corrected chi connectivity index (χ0v) is 16.6. The fourth-order valence-corrected chi connectivity index (χ4v) is 3.78. The SMILES string of the molecule is CCOc1ccc(-n2c(SCc3ccc(F)cc3)nnc2-c2ccncc2)cc1. The Morgan fingerprint density at radius 1 is 0.931 bits per heavy atom. The average Bonchev–Trinajstić information content (AvgIpc) is 3.19. The zero-order valence-electron chi connectivity index (χ0n) is 15.8. The summed E-state index contributed by atoms with van der Waals surface area (Å²) in [6.07, 6.45) is 3.47. The Bertz CT molecular complexity index is 1070. The van der Waals surface area contributed by atoms with Crippen molar-refractivity contribution in [2.75, 3.05) is 6.61 Å². The Balaban J connectivity index is 1.69. The van der Waals surface area contributed by atoms with E-state index in [0.29, 0.717) is 12.4 Å². The van der Waals surface area contributed by atoms with Gasteiger partial charge in [0.15, 0.2) is 11.0 Å². The minimum absolute atomic E-state index is 0.240. The molecule has 0 fully saturated rings. The predicted molar refractivity (Wildman–Crippen MR) is 112 cm³/mol. The van der Waals surface area contributed by atoms with Gasteiger partial charge in [-0.1, -0.05) is 23.9 Å². The largest absolute Gasteiger partial charge is 0.494 e. The summed E-state index contributed by atoms with van der Waals surface area (Å²) in [5, 5.41) is 9.59. The number of rotatable bonds is 7. The van der Waals surface area contributed by atoms with Gasteiger partial charge < -0.3 is 4.74 Å². The highest BCUT2D eigenvalue weighted by Gasteiger charge is 2.16. The van der Waals surface area contributed by atoms with Crippen LogP contribution in [0.2, 0.25) is 0 Å². The van der Waals surface area contributed by atoms with Crippen molar-refractivity contribution in [2.45, 2.75) is 17.8 Å². The molecule has 4 aromatic rings. The van der Waals surface area contributed by atoms with E-state index >= 15 is 0 Å². The van der Waals surface area contributed by atoms with Crippen LogP contribution in [-0.4, -0.2) is 26.4 Å². The predicted octanol–water partition coefficient (Wildman–Crippen LogP) is 5.16. The number of benzene rings is 2. The van der Waals surface area contributed by atoms with Gasteiger partial charge in [-0.15, -0.1) is 10.2 Å². The second-order valence-corrected chi connectivity index (χ2v) is 7.16. The molecule has 0 spiro atoms. The summed E-state index contributed by atoms with van der Waals surface area (Å²) in [6.45, 7) is 2.58. The van der Waals surface area contributed by atoms with Crippen molar-refractivity contribution < 1.29 is 9.13 Å². The summed E-state index contributed by atoms with van der Waals surface area (Å²) < 4.78 is 20.7. The van der Waals surface area contributed by atoms with Crippen LogP contribution in [0.4, 0.5) is 4.39 Å². The third-order valence-corrected chi connectivity index (χ3v) is 5.26. The number of ether oxygens (including phenoxy) is 1. The Hall–Kier alpha value is -3.19. The van der Waals surface area contributed by atoms with Crippen LogP contribution in [0.15, 0.2) is 78.2 Å². The first kappa shape index (κ1) is 19.1. The third kappa shape index (κ3) is 4.46. The molecule has 0 aliphatic rings. The molecule has 0 unspecified atom stereocenters. The standard InChI is InChI=1S/C22H19FN4OS/c1-2-28-20-9-7-19(8-10-20)27-21(17-11-13-24-14-12-17)25-26-22(27)29-15-16-3-5-18(23)6-4-16/h3-14H,2,15H2,1H3. The van der Waals surface area contributed by atoms with Gasteiger partial charge in [0.25, 0.3) is 0 Å². The van der Waals surface area contributed by atoms with E-state index in [1.54, 1.807) is 36.3 Å². The van der Waals surface area contributed by atoms with Crippen LogP contribution in [0, 0.1) is 5.82 Å². The molecule has 0 aliphatic heterocycles. The maximum absolute atomic E-state index is 13.2. The van der Waals surface area contributed by atoms with Crippen LogP contribution < -0.4 is 4.74 Å². The molecular formula is C22H19FN4OS. The van der Waals surface area contributed by atoms with Crippen LogP contribution in [0.3, 0.4) is 0 Å². The summed E-state index contributed by atoms with van der Waals surface area (Å²) in [4.78, 5) is 4.09. The molecule has 2 heterocycles. The van der Waals surface area contributed by atoms with Gasteiger partial charge in [0.05, 0.1) is 6.61 Å². The molecule has 29 heavy (non-hydrogen) atoms. The number of hydrogen-bond donors (Lipinski definition) is 0. The van der Waals surface area contributed by atoms with E-state index in [2.05, 4.69) is 15.2 Å². The van der Waals surface area contributed by atoms with Crippen LogP contribution in [0.1, 0.15) is 12.5 Å². The van der Waals surface area contributed by atoms with Gasteiger partial charge in [0.1, 0.15) is 11.6 Å². The zero-order chi connectivity index (χ0) is 20.1. The molecule has 7 heteroatoms. The number of hydrogen-bond acceptors (Lipinski definition) is 5. The summed E-state index contributed by atoms with van der Waals surface area (Å²) in [6, 6.07) is 18.2. The molecular weight excluding hydrogens is 387 g/mol. The lowest BCUT2D eigenvalue weighted by molar-refractivity contribution is 0.340. The van der Waals surface area contributed by atoms with Crippen molar-refractivity contribution in [2.24, 2.45) is 0 Å². The van der Waals surface area contributed by atoms with E-state index in [1.165, 1.54) is 12.1 Å². The molecule has 146 valence electrons. The lowest BCUT2D eigenvalue weighted by atomic mass is 10.2. The number of halogens is 1. The first-order valence-electron chi connectivity index (χ1n) is 9.21.